The number of unbranched alkanes of at least 4 members (excludes halogenated alkanes) is 1. The van der Waals surface area contributed by atoms with Gasteiger partial charge >= 0.3 is 18.0 Å². The maximum atomic E-state index is 12.2. The number of imide groups is 1. The Morgan fingerprint density at radius 2 is 1.37 bits per heavy atom. The van der Waals surface area contributed by atoms with Gasteiger partial charge in [-0.25, -0.2) is 14.4 Å². The number of hydrogen-bond donors (Lipinski definition) is 4. The first kappa shape index (κ1) is 43.0. The minimum atomic E-state index is -1.19. The third kappa shape index (κ3) is 21.0. The van der Waals surface area contributed by atoms with E-state index in [1.807, 2.05) is 0 Å². The van der Waals surface area contributed by atoms with Gasteiger partial charge in [-0.15, -0.1) is 5.06 Å². The molecule has 0 radical (unpaired) electrons. The summed E-state index contributed by atoms with van der Waals surface area (Å²) in [6, 6.07) is -1.13. The van der Waals surface area contributed by atoms with E-state index in [2.05, 4.69) is 28.1 Å². The molecule has 1 heterocycles. The zero-order chi connectivity index (χ0) is 37.1. The number of hydrogen-bond acceptors (Lipinski definition) is 13. The van der Waals surface area contributed by atoms with Crippen molar-refractivity contribution in [3.05, 3.63) is 12.2 Å². The number of amides is 5. The van der Waals surface area contributed by atoms with E-state index in [-0.39, 0.29) is 70.5 Å². The van der Waals surface area contributed by atoms with E-state index in [1.165, 1.54) is 0 Å². The Morgan fingerprint density at radius 3 is 2.02 bits per heavy atom. The van der Waals surface area contributed by atoms with Gasteiger partial charge in [0.2, 0.25) is 11.8 Å². The van der Waals surface area contributed by atoms with E-state index in [0.717, 1.165) is 25.7 Å². The number of hydroxylamine groups is 2. The van der Waals surface area contributed by atoms with Crippen LogP contribution in [0.5, 0.6) is 0 Å². The second-order valence-corrected chi connectivity index (χ2v) is 11.7. The van der Waals surface area contributed by atoms with Crippen molar-refractivity contribution < 1.29 is 67.2 Å². The van der Waals surface area contributed by atoms with Crippen LogP contribution in [0.4, 0.5) is 4.79 Å². The van der Waals surface area contributed by atoms with Crippen LogP contribution in [-0.2, 0) is 57.3 Å². The minimum absolute atomic E-state index is 0.0348. The number of ether oxygens (including phenoxy) is 5. The molecule has 4 N–H and O–H groups in total. The molecule has 1 saturated heterocycles. The fourth-order valence-electron chi connectivity index (χ4n) is 4.77. The highest BCUT2D eigenvalue weighted by Gasteiger charge is 2.32. The number of carbonyl (C=O) groups is 7. The van der Waals surface area contributed by atoms with E-state index in [0.29, 0.717) is 57.3 Å². The summed E-state index contributed by atoms with van der Waals surface area (Å²) in [5, 5.41) is 17.5. The molecular weight excluding hydrogens is 676 g/mol. The van der Waals surface area contributed by atoms with Crippen LogP contribution < -0.4 is 16.0 Å². The maximum Gasteiger partial charge on any atom is 0.407 e. The summed E-state index contributed by atoms with van der Waals surface area (Å²) < 4.78 is 26.8. The van der Waals surface area contributed by atoms with Crippen LogP contribution >= 0.6 is 0 Å². The van der Waals surface area contributed by atoms with Gasteiger partial charge in [-0.1, -0.05) is 12.2 Å². The highest BCUT2D eigenvalue weighted by Crippen LogP contribution is 2.15. The molecule has 0 aromatic carbocycles. The number of allylic oxidation sites excluding steroid dienone is 2. The Morgan fingerprint density at radius 1 is 0.765 bits per heavy atom. The van der Waals surface area contributed by atoms with E-state index in [4.69, 9.17) is 28.5 Å². The Kier molecular flexibility index (Phi) is 22.5. The molecule has 51 heavy (non-hydrogen) atoms. The van der Waals surface area contributed by atoms with Crippen molar-refractivity contribution in [3.63, 3.8) is 0 Å². The van der Waals surface area contributed by atoms with Gasteiger partial charge in [0.15, 0.2) is 0 Å². The first-order chi connectivity index (χ1) is 24.7. The zero-order valence-corrected chi connectivity index (χ0v) is 29.1. The van der Waals surface area contributed by atoms with Crippen molar-refractivity contribution in [1.82, 2.24) is 21.0 Å². The lowest BCUT2D eigenvalue weighted by molar-refractivity contribution is -0.198. The van der Waals surface area contributed by atoms with Gasteiger partial charge in [0.05, 0.1) is 59.3 Å². The molecule has 1 unspecified atom stereocenters. The number of rotatable bonds is 26. The van der Waals surface area contributed by atoms with Crippen molar-refractivity contribution in [1.29, 1.82) is 0 Å². The van der Waals surface area contributed by atoms with Crippen molar-refractivity contribution in [2.75, 3.05) is 65.9 Å². The molecule has 1 aliphatic carbocycles. The maximum absolute atomic E-state index is 12.2. The number of carboxylic acids is 1. The van der Waals surface area contributed by atoms with Crippen LogP contribution in [0.1, 0.15) is 77.0 Å². The lowest BCUT2D eigenvalue weighted by Crippen LogP contribution is -2.46. The van der Waals surface area contributed by atoms with Gasteiger partial charge in [-0.3, -0.25) is 19.2 Å². The predicted molar refractivity (Wildman–Crippen MR) is 177 cm³/mol. The number of aliphatic carboxylic acids is 1. The van der Waals surface area contributed by atoms with Gasteiger partial charge in [0.1, 0.15) is 18.7 Å². The molecule has 288 valence electrons. The van der Waals surface area contributed by atoms with E-state index in [9.17, 15) is 38.7 Å². The Labute approximate surface area is 297 Å². The van der Waals surface area contributed by atoms with Crippen LogP contribution in [0.3, 0.4) is 0 Å². The summed E-state index contributed by atoms with van der Waals surface area (Å²) in [5.74, 6) is -3.84. The first-order valence-electron chi connectivity index (χ1n) is 17.4. The van der Waals surface area contributed by atoms with Crippen LogP contribution in [0, 0.1) is 0 Å². The van der Waals surface area contributed by atoms with Crippen LogP contribution in [0.25, 0.3) is 0 Å². The van der Waals surface area contributed by atoms with Gasteiger partial charge in [-0.05, 0) is 51.4 Å². The van der Waals surface area contributed by atoms with Crippen LogP contribution in [0.15, 0.2) is 12.2 Å². The number of nitrogens with one attached hydrogen (secondary N) is 3. The average molecular weight is 729 g/mol. The third-order valence-corrected chi connectivity index (χ3v) is 7.50. The number of alkyl carbamates (subject to hydrolysis) is 1. The molecule has 18 heteroatoms. The Balaban J connectivity index is 1.36. The van der Waals surface area contributed by atoms with Gasteiger partial charge in [0, 0.05) is 25.8 Å². The summed E-state index contributed by atoms with van der Waals surface area (Å²) in [7, 11) is 0. The normalized spacial score (nSPS) is 17.2. The molecule has 5 amide bonds. The Hall–Kier alpha value is -4.13. The molecule has 0 bridgehead atoms. The molecule has 2 rings (SSSR count). The monoisotopic (exact) mass is 728 g/mol. The minimum Gasteiger partial charge on any atom is -0.480 e. The third-order valence-electron chi connectivity index (χ3n) is 7.50. The largest absolute Gasteiger partial charge is 0.480 e. The van der Waals surface area contributed by atoms with Crippen molar-refractivity contribution in [2.24, 2.45) is 0 Å². The molecule has 1 aliphatic heterocycles. The standard InChI is InChI=1S/C33H52N4O14/c38-27(13-16-46-18-20-48-22-23-49-21-19-47-17-14-31(42)51-37-29(40)11-12-30(37)41)34-15-7-6-10-26(32(43)44)36-28(39)24-35-33(45)50-25-8-4-2-1-3-5-9-25/h1-2,25-26H,3-24H2,(H,34,38)(H,35,45)(H,36,39)(H,43,44)/b2-1-/t25?,26-/m0/s1. The summed E-state index contributed by atoms with van der Waals surface area (Å²) in [6.07, 6.45) is 8.58. The molecule has 2 aliphatic rings. The molecule has 18 nitrogen and oxygen atoms in total. The quantitative estimate of drug-likeness (QED) is 0.0551. The lowest BCUT2D eigenvalue weighted by Gasteiger charge is -2.19. The molecule has 0 saturated carbocycles. The molecule has 2 atom stereocenters. The summed E-state index contributed by atoms with van der Waals surface area (Å²) >= 11 is 0. The summed E-state index contributed by atoms with van der Waals surface area (Å²) in [5.41, 5.74) is 0. The van der Waals surface area contributed by atoms with Crippen molar-refractivity contribution in [2.45, 2.75) is 89.2 Å². The molecular formula is C33H52N4O14. The molecule has 1 fully saturated rings. The predicted octanol–water partition coefficient (Wildman–Crippen LogP) is 0.911. The smallest absolute Gasteiger partial charge is 0.407 e. The molecule has 0 aromatic heterocycles. The van der Waals surface area contributed by atoms with Gasteiger partial charge in [-0.2, -0.15) is 0 Å². The highest BCUT2D eigenvalue weighted by molar-refractivity contribution is 6.01. The lowest BCUT2D eigenvalue weighted by atomic mass is 10.0. The highest BCUT2D eigenvalue weighted by atomic mass is 16.7. The average Bonchev–Trinajstić information content (AvgIpc) is 3.39. The first-order valence-corrected chi connectivity index (χ1v) is 17.4. The van der Waals surface area contributed by atoms with Gasteiger partial charge in [0.25, 0.3) is 11.8 Å². The van der Waals surface area contributed by atoms with E-state index < -0.39 is 48.3 Å². The van der Waals surface area contributed by atoms with E-state index >= 15 is 0 Å². The molecule has 0 aromatic rings. The second-order valence-electron chi connectivity index (χ2n) is 11.7. The van der Waals surface area contributed by atoms with Crippen LogP contribution in [0.2, 0.25) is 0 Å². The van der Waals surface area contributed by atoms with Crippen LogP contribution in [-0.4, -0.2) is 130 Å². The second kappa shape index (κ2) is 26.6. The number of carboxylic acid groups (broad SMARTS) is 1. The van der Waals surface area contributed by atoms with Crippen molar-refractivity contribution >= 4 is 41.7 Å². The Bertz CT molecular complexity index is 1130. The van der Waals surface area contributed by atoms with E-state index in [1.54, 1.807) is 0 Å². The number of nitrogens with zero attached hydrogens (tertiary/aromatic N) is 1. The number of carbonyl (C=O) groups excluding carboxylic acids is 6. The summed E-state index contributed by atoms with van der Waals surface area (Å²) in [6.45, 7) is 1.96. The van der Waals surface area contributed by atoms with Gasteiger partial charge < -0.3 is 49.6 Å². The summed E-state index contributed by atoms with van der Waals surface area (Å²) in [4.78, 5) is 87.0. The fourth-order valence-corrected chi connectivity index (χ4v) is 4.77. The fraction of sp³-hybridized carbons (Fsp3) is 0.727. The van der Waals surface area contributed by atoms with Crippen molar-refractivity contribution in [3.8, 4) is 0 Å². The topological polar surface area (TPSA) is 234 Å². The zero-order valence-electron chi connectivity index (χ0n) is 29.1. The SMILES string of the molecule is O=C(CCOCCOCCOCCOCCC(=O)ON1C(=O)CCC1=O)NCCCC[C@H](NC(=O)CNC(=O)OC1CC/C=C\CCC1)C(=O)O. The molecule has 0 spiro atoms.